The topological polar surface area (TPSA) is 176 Å². The number of likely N-dealkylation sites (tertiary alicyclic amines) is 1. The van der Waals surface area contributed by atoms with Crippen LogP contribution in [0, 0.1) is 11.3 Å². The molecule has 4 rings (SSSR count). The quantitative estimate of drug-likeness (QED) is 0.337. The van der Waals surface area contributed by atoms with E-state index >= 15 is 0 Å². The van der Waals surface area contributed by atoms with E-state index in [0.29, 0.717) is 29.7 Å². The molecule has 190 valence electrons. The van der Waals surface area contributed by atoms with Crippen LogP contribution in [0.15, 0.2) is 42.6 Å². The van der Waals surface area contributed by atoms with Crippen LogP contribution < -0.4 is 11.2 Å². The number of ether oxygens (including phenoxy) is 1. The number of carbonyl (C=O) groups is 3. The van der Waals surface area contributed by atoms with Gasteiger partial charge in [-0.25, -0.2) is 24.2 Å². The molecule has 1 aliphatic heterocycles. The minimum Gasteiger partial charge on any atom is -0.465 e. The number of carbonyl (C=O) groups excluding carboxylic acids is 2. The lowest BCUT2D eigenvalue weighted by molar-refractivity contribution is 0.0516. The second kappa shape index (κ2) is 10.8. The Morgan fingerprint density at radius 2 is 2.00 bits per heavy atom. The van der Waals surface area contributed by atoms with Gasteiger partial charge in [0.2, 0.25) is 0 Å². The first-order chi connectivity index (χ1) is 17.8. The highest BCUT2D eigenvalue weighted by Gasteiger charge is 2.34. The number of hydrogen-bond acceptors (Lipinski definition) is 8. The lowest BCUT2D eigenvalue weighted by Crippen LogP contribution is -2.39. The highest BCUT2D eigenvalue weighted by molar-refractivity contribution is 6.04. The molecule has 1 saturated heterocycles. The fourth-order valence-electron chi connectivity index (χ4n) is 4.25. The van der Waals surface area contributed by atoms with Crippen LogP contribution in [0.3, 0.4) is 0 Å². The number of nitrogens with two attached hydrogens (primary N) is 1. The Balaban J connectivity index is 1.67. The molecule has 0 bridgehead atoms. The number of hydrogen-bond donors (Lipinski definition) is 3. The molecule has 2 aromatic heterocycles. The van der Waals surface area contributed by atoms with Crippen molar-refractivity contribution in [2.45, 2.75) is 32.2 Å². The van der Waals surface area contributed by atoms with E-state index in [4.69, 9.17) is 15.8 Å². The lowest BCUT2D eigenvalue weighted by atomic mass is 10.0. The molecule has 1 atom stereocenters. The van der Waals surface area contributed by atoms with Crippen molar-refractivity contribution >= 4 is 23.8 Å². The zero-order chi connectivity index (χ0) is 26.5. The maximum Gasteiger partial charge on any atom is 0.407 e. The third kappa shape index (κ3) is 5.20. The van der Waals surface area contributed by atoms with Crippen LogP contribution in [0.1, 0.15) is 64.5 Å². The van der Waals surface area contributed by atoms with Crippen molar-refractivity contribution in [1.82, 2.24) is 19.5 Å². The van der Waals surface area contributed by atoms with Crippen LogP contribution in [0.5, 0.6) is 0 Å². The van der Waals surface area contributed by atoms with E-state index in [1.54, 1.807) is 31.2 Å². The van der Waals surface area contributed by atoms with Crippen molar-refractivity contribution in [3.63, 3.8) is 0 Å². The minimum atomic E-state index is -1.09. The van der Waals surface area contributed by atoms with Crippen molar-refractivity contribution in [1.29, 1.82) is 5.26 Å². The second-order valence-corrected chi connectivity index (χ2v) is 8.32. The van der Waals surface area contributed by atoms with E-state index in [1.807, 2.05) is 6.07 Å². The molecule has 0 radical (unpaired) electrons. The first-order valence-corrected chi connectivity index (χ1v) is 11.7. The molecule has 0 unspecified atom stereocenters. The normalized spacial score (nSPS) is 15.0. The Morgan fingerprint density at radius 1 is 1.24 bits per heavy atom. The summed E-state index contributed by atoms with van der Waals surface area (Å²) in [6.07, 6.45) is 2.37. The highest BCUT2D eigenvalue weighted by atomic mass is 16.5. The molecule has 2 amide bonds. The average molecular weight is 504 g/mol. The summed E-state index contributed by atoms with van der Waals surface area (Å²) in [5.74, 6) is 5.64. The molecule has 0 saturated carbocycles. The average Bonchev–Trinajstić information content (AvgIpc) is 3.25. The lowest BCUT2D eigenvalue weighted by Gasteiger charge is -2.32. The van der Waals surface area contributed by atoms with Gasteiger partial charge in [-0.3, -0.25) is 9.69 Å². The Morgan fingerprint density at radius 3 is 2.68 bits per heavy atom. The molecular formula is C25H25N7O5. The van der Waals surface area contributed by atoms with Gasteiger partial charge in [-0.05, 0) is 50.5 Å². The van der Waals surface area contributed by atoms with Crippen LogP contribution in [-0.2, 0) is 4.74 Å². The molecule has 12 heteroatoms. The van der Waals surface area contributed by atoms with Crippen molar-refractivity contribution in [2.75, 3.05) is 24.3 Å². The number of piperidine rings is 1. The van der Waals surface area contributed by atoms with Gasteiger partial charge < -0.3 is 21.0 Å². The summed E-state index contributed by atoms with van der Waals surface area (Å²) in [5, 5.41) is 21.3. The number of nitrogens with one attached hydrogen (secondary N) is 1. The van der Waals surface area contributed by atoms with E-state index in [0.717, 1.165) is 17.5 Å². The number of carboxylic acid groups (broad SMARTS) is 1. The molecular weight excluding hydrogens is 478 g/mol. The number of esters is 1. The second-order valence-electron chi connectivity index (χ2n) is 8.32. The number of nitrogens with zero attached hydrogens (tertiary/aromatic N) is 5. The number of nitrogen functional groups attached to an aromatic ring is 1. The number of pyridine rings is 1. The predicted octanol–water partition coefficient (Wildman–Crippen LogP) is 3.16. The van der Waals surface area contributed by atoms with Crippen molar-refractivity contribution in [3.05, 3.63) is 65.2 Å². The first kappa shape index (κ1) is 25.2. The van der Waals surface area contributed by atoms with E-state index in [9.17, 15) is 19.5 Å². The number of nitriles is 1. The van der Waals surface area contributed by atoms with Gasteiger partial charge in [0.15, 0.2) is 11.5 Å². The summed E-state index contributed by atoms with van der Waals surface area (Å²) >= 11 is 0. The van der Waals surface area contributed by atoms with Crippen LogP contribution in [0.4, 0.5) is 10.6 Å². The van der Waals surface area contributed by atoms with Gasteiger partial charge in [0, 0.05) is 23.9 Å². The van der Waals surface area contributed by atoms with Crippen molar-refractivity contribution in [2.24, 2.45) is 0 Å². The molecule has 1 aliphatic rings. The Labute approximate surface area is 212 Å². The largest absolute Gasteiger partial charge is 0.465 e. The Kier molecular flexibility index (Phi) is 7.34. The smallest absolute Gasteiger partial charge is 0.407 e. The number of rotatable bonds is 6. The van der Waals surface area contributed by atoms with E-state index in [-0.39, 0.29) is 29.6 Å². The maximum absolute atomic E-state index is 12.8. The Bertz CT molecular complexity index is 1380. The van der Waals surface area contributed by atoms with Gasteiger partial charge in [-0.1, -0.05) is 12.1 Å². The summed E-state index contributed by atoms with van der Waals surface area (Å²) in [6, 6.07) is 10.7. The highest BCUT2D eigenvalue weighted by Crippen LogP contribution is 2.34. The number of aromatic nitrogens is 3. The molecule has 0 aliphatic carbocycles. The zero-order valence-corrected chi connectivity index (χ0v) is 20.0. The van der Waals surface area contributed by atoms with Crippen molar-refractivity contribution < 1.29 is 24.2 Å². The molecule has 37 heavy (non-hydrogen) atoms. The fraction of sp³-hybridized carbons (Fsp3) is 0.280. The monoisotopic (exact) mass is 503 g/mol. The van der Waals surface area contributed by atoms with Gasteiger partial charge in [0.25, 0.3) is 5.91 Å². The van der Waals surface area contributed by atoms with Gasteiger partial charge in [-0.15, -0.1) is 0 Å². The summed E-state index contributed by atoms with van der Waals surface area (Å²) < 4.78 is 6.29. The summed E-state index contributed by atoms with van der Waals surface area (Å²) in [7, 11) is 0. The molecule has 4 N–H and O–H groups in total. The molecule has 3 aromatic rings. The summed E-state index contributed by atoms with van der Waals surface area (Å²) in [4.78, 5) is 47.2. The third-order valence-corrected chi connectivity index (χ3v) is 6.00. The van der Waals surface area contributed by atoms with Gasteiger partial charge in [0.05, 0.1) is 24.3 Å². The van der Waals surface area contributed by atoms with E-state index < -0.39 is 24.0 Å². The van der Waals surface area contributed by atoms with Gasteiger partial charge in [-0.2, -0.15) is 5.26 Å². The molecule has 12 nitrogen and oxygen atoms in total. The molecule has 1 aromatic carbocycles. The number of benzene rings is 1. The standard InChI is InChI=1S/C25H25N7O5/c1-2-37-24(34)21-20(30-22(32(21)27)18-5-3-4-12-31(18)25(35)36)16-6-8-17(9-7-16)23(33)29-19-13-15(14-26)10-11-28-19/h6-11,13,18H,2-5,12,27H2,1H3,(H,35,36)(H,28,29,33)/t18-/m0/s1. The maximum atomic E-state index is 12.8. The van der Waals surface area contributed by atoms with Crippen LogP contribution in [0.2, 0.25) is 0 Å². The SMILES string of the molecule is CCOC(=O)c1c(-c2ccc(C(=O)Nc3cc(C#N)ccn3)cc2)nc([C@@H]2CCCCN2C(=O)O)n1N. The van der Waals surface area contributed by atoms with E-state index in [1.165, 1.54) is 23.2 Å². The first-order valence-electron chi connectivity index (χ1n) is 11.7. The van der Waals surface area contributed by atoms with E-state index in [2.05, 4.69) is 15.3 Å². The van der Waals surface area contributed by atoms with Gasteiger partial charge >= 0.3 is 12.1 Å². The van der Waals surface area contributed by atoms with Gasteiger partial charge in [0.1, 0.15) is 11.5 Å². The molecule has 0 spiro atoms. The molecule has 3 heterocycles. The summed E-state index contributed by atoms with van der Waals surface area (Å²) in [5.41, 5.74) is 1.37. The minimum absolute atomic E-state index is 0.0116. The number of anilines is 1. The number of amides is 2. The van der Waals surface area contributed by atoms with Crippen LogP contribution in [-0.4, -0.2) is 55.8 Å². The predicted molar refractivity (Wildman–Crippen MR) is 132 cm³/mol. The number of imidazole rings is 1. The summed E-state index contributed by atoms with van der Waals surface area (Å²) in [6.45, 7) is 2.12. The third-order valence-electron chi connectivity index (χ3n) is 6.00. The zero-order valence-electron chi connectivity index (χ0n) is 20.0. The fourth-order valence-corrected chi connectivity index (χ4v) is 4.25. The van der Waals surface area contributed by atoms with Crippen LogP contribution in [0.25, 0.3) is 11.3 Å². The molecule has 1 fully saturated rings. The van der Waals surface area contributed by atoms with Crippen LogP contribution >= 0.6 is 0 Å². The van der Waals surface area contributed by atoms with Crippen molar-refractivity contribution in [3.8, 4) is 17.3 Å². The Hall–Kier alpha value is -4.92.